The van der Waals surface area contributed by atoms with Gasteiger partial charge in [0.05, 0.1) is 12.5 Å². The standard InChI is InChI=1S/C26H29N3O4/c1-17(22-10-4-8-19-6-2-3-9-23(19)22)26(33)28-16-24(30)29-21-13-12-18(20(14-21)15-27)7-5-11-25(31)32/h2-4,6,8-10,12-14,17H,5,7,11,15-16,27H2,1H3,(H,28,33)(H,29,30)(H,31,32). The molecule has 0 aliphatic rings. The van der Waals surface area contributed by atoms with Crippen LogP contribution in [0.1, 0.15) is 42.4 Å². The van der Waals surface area contributed by atoms with Crippen LogP contribution in [0.3, 0.4) is 0 Å². The molecule has 0 heterocycles. The maximum Gasteiger partial charge on any atom is 0.303 e. The van der Waals surface area contributed by atoms with E-state index in [4.69, 9.17) is 10.8 Å². The molecule has 7 heteroatoms. The Balaban J connectivity index is 1.57. The van der Waals surface area contributed by atoms with Crippen molar-refractivity contribution in [2.24, 2.45) is 5.73 Å². The Bertz CT molecular complexity index is 1150. The summed E-state index contributed by atoms with van der Waals surface area (Å²) in [7, 11) is 0. The normalized spacial score (nSPS) is 11.7. The summed E-state index contributed by atoms with van der Waals surface area (Å²) in [5.74, 6) is -1.80. The summed E-state index contributed by atoms with van der Waals surface area (Å²) in [6.07, 6.45) is 1.23. The van der Waals surface area contributed by atoms with E-state index in [9.17, 15) is 14.4 Å². The van der Waals surface area contributed by atoms with E-state index in [1.807, 2.05) is 55.5 Å². The lowest BCUT2D eigenvalue weighted by Crippen LogP contribution is -2.35. The lowest BCUT2D eigenvalue weighted by atomic mass is 9.94. The number of amides is 2. The van der Waals surface area contributed by atoms with Crippen molar-refractivity contribution in [3.8, 4) is 0 Å². The van der Waals surface area contributed by atoms with E-state index in [1.54, 1.807) is 12.1 Å². The molecule has 0 spiro atoms. The van der Waals surface area contributed by atoms with E-state index >= 15 is 0 Å². The maximum absolute atomic E-state index is 12.7. The molecule has 0 aliphatic heterocycles. The molecule has 1 atom stereocenters. The van der Waals surface area contributed by atoms with E-state index in [1.165, 1.54) is 0 Å². The van der Waals surface area contributed by atoms with Crippen molar-refractivity contribution < 1.29 is 19.5 Å². The molecule has 3 aromatic carbocycles. The van der Waals surface area contributed by atoms with Crippen molar-refractivity contribution in [3.05, 3.63) is 77.4 Å². The molecule has 7 nitrogen and oxygen atoms in total. The Labute approximate surface area is 193 Å². The molecule has 0 saturated carbocycles. The number of benzene rings is 3. The summed E-state index contributed by atoms with van der Waals surface area (Å²) < 4.78 is 0. The summed E-state index contributed by atoms with van der Waals surface area (Å²) in [5.41, 5.74) is 9.14. The quantitative estimate of drug-likeness (QED) is 0.379. The number of carboxylic acid groups (broad SMARTS) is 1. The van der Waals surface area contributed by atoms with Gasteiger partial charge in [0.25, 0.3) is 0 Å². The smallest absolute Gasteiger partial charge is 0.303 e. The highest BCUT2D eigenvalue weighted by Gasteiger charge is 2.18. The molecule has 0 aromatic heterocycles. The second-order valence-electron chi connectivity index (χ2n) is 7.99. The SMILES string of the molecule is CC(C(=O)NCC(=O)Nc1ccc(CCCC(=O)O)c(CN)c1)c1cccc2ccccc12. The Morgan fingerprint density at radius 2 is 1.76 bits per heavy atom. The predicted molar refractivity (Wildman–Crippen MR) is 129 cm³/mol. The zero-order chi connectivity index (χ0) is 23.8. The van der Waals surface area contributed by atoms with Gasteiger partial charge in [-0.15, -0.1) is 0 Å². The lowest BCUT2D eigenvalue weighted by molar-refractivity contribution is -0.137. The van der Waals surface area contributed by atoms with Crippen molar-refractivity contribution in [1.82, 2.24) is 5.32 Å². The molecule has 3 rings (SSSR count). The van der Waals surface area contributed by atoms with Gasteiger partial charge in [-0.05, 0) is 59.4 Å². The largest absolute Gasteiger partial charge is 0.481 e. The molecule has 2 amide bonds. The minimum atomic E-state index is -0.829. The van der Waals surface area contributed by atoms with Gasteiger partial charge in [-0.25, -0.2) is 0 Å². The first kappa shape index (κ1) is 23.9. The molecule has 5 N–H and O–H groups in total. The van der Waals surface area contributed by atoms with Crippen LogP contribution in [-0.4, -0.2) is 29.4 Å². The fraction of sp³-hybridized carbons (Fsp3) is 0.269. The zero-order valence-corrected chi connectivity index (χ0v) is 18.6. The first-order chi connectivity index (χ1) is 15.9. The van der Waals surface area contributed by atoms with E-state index < -0.39 is 11.9 Å². The lowest BCUT2D eigenvalue weighted by Gasteiger charge is -2.15. The van der Waals surface area contributed by atoms with Gasteiger partial charge in [0.2, 0.25) is 11.8 Å². The Morgan fingerprint density at radius 1 is 1.00 bits per heavy atom. The minimum absolute atomic E-state index is 0.0966. The van der Waals surface area contributed by atoms with Gasteiger partial charge < -0.3 is 21.5 Å². The van der Waals surface area contributed by atoms with Crippen LogP contribution < -0.4 is 16.4 Å². The van der Waals surface area contributed by atoms with E-state index in [2.05, 4.69) is 10.6 Å². The van der Waals surface area contributed by atoms with Crippen molar-refractivity contribution in [2.45, 2.75) is 38.6 Å². The third-order valence-corrected chi connectivity index (χ3v) is 5.65. The van der Waals surface area contributed by atoms with Crippen LogP contribution in [0.25, 0.3) is 10.8 Å². The van der Waals surface area contributed by atoms with E-state index in [-0.39, 0.29) is 31.3 Å². The third kappa shape index (κ3) is 6.40. The molecule has 3 aromatic rings. The number of carbonyl (C=O) groups is 3. The summed E-state index contributed by atoms with van der Waals surface area (Å²) in [5, 5.41) is 16.4. The number of carboxylic acids is 1. The molecule has 172 valence electrons. The molecule has 33 heavy (non-hydrogen) atoms. The van der Waals surface area contributed by atoms with Gasteiger partial charge >= 0.3 is 5.97 Å². The highest BCUT2D eigenvalue weighted by atomic mass is 16.4. The van der Waals surface area contributed by atoms with Crippen LogP contribution in [0.4, 0.5) is 5.69 Å². The number of nitrogens with one attached hydrogen (secondary N) is 2. The number of nitrogens with two attached hydrogens (primary N) is 1. The summed E-state index contributed by atoms with van der Waals surface area (Å²) in [6, 6.07) is 19.1. The fourth-order valence-electron chi connectivity index (χ4n) is 3.86. The number of hydrogen-bond acceptors (Lipinski definition) is 4. The third-order valence-electron chi connectivity index (χ3n) is 5.65. The number of carbonyl (C=O) groups excluding carboxylic acids is 2. The number of aliphatic carboxylic acids is 1. The molecular weight excluding hydrogens is 418 g/mol. The van der Waals surface area contributed by atoms with Crippen LogP contribution in [-0.2, 0) is 27.3 Å². The Morgan fingerprint density at radius 3 is 2.52 bits per heavy atom. The molecule has 0 saturated heterocycles. The van der Waals surface area contributed by atoms with E-state index in [0.717, 1.165) is 27.5 Å². The molecule has 1 unspecified atom stereocenters. The number of hydrogen-bond donors (Lipinski definition) is 4. The van der Waals surface area contributed by atoms with Gasteiger partial charge in [0, 0.05) is 18.7 Å². The van der Waals surface area contributed by atoms with Crippen molar-refractivity contribution >= 4 is 34.2 Å². The second-order valence-corrected chi connectivity index (χ2v) is 7.99. The number of aryl methyl sites for hydroxylation is 1. The summed E-state index contributed by atoms with van der Waals surface area (Å²) >= 11 is 0. The monoisotopic (exact) mass is 447 g/mol. The van der Waals surface area contributed by atoms with E-state index in [0.29, 0.717) is 18.5 Å². The average Bonchev–Trinajstić information content (AvgIpc) is 2.82. The molecule has 0 fully saturated rings. The summed E-state index contributed by atoms with van der Waals surface area (Å²) in [4.78, 5) is 35.8. The summed E-state index contributed by atoms with van der Waals surface area (Å²) in [6.45, 7) is 1.96. The van der Waals surface area contributed by atoms with Crippen LogP contribution in [0.15, 0.2) is 60.7 Å². The average molecular weight is 448 g/mol. The molecular formula is C26H29N3O4. The Hall–Kier alpha value is -3.71. The van der Waals surface area contributed by atoms with Crippen molar-refractivity contribution in [2.75, 3.05) is 11.9 Å². The predicted octanol–water partition coefficient (Wildman–Crippen LogP) is 3.56. The number of fused-ring (bicyclic) bond motifs is 1. The molecule has 0 aliphatic carbocycles. The zero-order valence-electron chi connectivity index (χ0n) is 18.6. The van der Waals surface area contributed by atoms with Crippen LogP contribution in [0, 0.1) is 0 Å². The number of rotatable bonds is 10. The topological polar surface area (TPSA) is 122 Å². The minimum Gasteiger partial charge on any atom is -0.481 e. The van der Waals surface area contributed by atoms with Crippen molar-refractivity contribution in [1.29, 1.82) is 0 Å². The van der Waals surface area contributed by atoms with Gasteiger partial charge in [0.15, 0.2) is 0 Å². The van der Waals surface area contributed by atoms with Gasteiger partial charge in [-0.1, -0.05) is 48.5 Å². The fourth-order valence-corrected chi connectivity index (χ4v) is 3.86. The van der Waals surface area contributed by atoms with Crippen molar-refractivity contribution in [3.63, 3.8) is 0 Å². The Kier molecular flexibility index (Phi) is 8.16. The van der Waals surface area contributed by atoms with Gasteiger partial charge in [0.1, 0.15) is 0 Å². The second kappa shape index (κ2) is 11.2. The highest BCUT2D eigenvalue weighted by molar-refractivity contribution is 5.97. The first-order valence-electron chi connectivity index (χ1n) is 11.0. The molecule has 0 bridgehead atoms. The van der Waals surface area contributed by atoms with Crippen LogP contribution in [0.2, 0.25) is 0 Å². The molecule has 0 radical (unpaired) electrons. The van der Waals surface area contributed by atoms with Crippen LogP contribution >= 0.6 is 0 Å². The maximum atomic E-state index is 12.7. The van der Waals surface area contributed by atoms with Gasteiger partial charge in [-0.2, -0.15) is 0 Å². The number of anilines is 1. The van der Waals surface area contributed by atoms with Gasteiger partial charge in [-0.3, -0.25) is 14.4 Å². The van der Waals surface area contributed by atoms with Crippen LogP contribution in [0.5, 0.6) is 0 Å². The highest BCUT2D eigenvalue weighted by Crippen LogP contribution is 2.25. The first-order valence-corrected chi connectivity index (χ1v) is 11.0.